The van der Waals surface area contributed by atoms with Crippen LogP contribution in [0.4, 0.5) is 0 Å². The number of hydrogen-bond acceptors (Lipinski definition) is 1. The molecule has 1 radical (unpaired) electrons. The van der Waals surface area contributed by atoms with Gasteiger partial charge in [-0.2, -0.15) is 6.07 Å². The Kier molecular flexibility index (Phi) is 10.5. The van der Waals surface area contributed by atoms with Gasteiger partial charge >= 0.3 is 0 Å². The first-order valence-corrected chi connectivity index (χ1v) is 3.60. The molecule has 0 amide bonds. The van der Waals surface area contributed by atoms with E-state index in [4.69, 9.17) is 0 Å². The molecule has 1 aromatic rings. The smallest absolute Gasteiger partial charge is 0 e. The van der Waals surface area contributed by atoms with E-state index in [1.165, 1.54) is 0 Å². The SMILES string of the molecule is CC.Cc1[c-]cnc(C)c1.[Y]. The van der Waals surface area contributed by atoms with Gasteiger partial charge in [0.1, 0.15) is 0 Å². The second-order valence-electron chi connectivity index (χ2n) is 1.87. The Hall–Kier alpha value is 0.254. The minimum Gasteiger partial charge on any atom is -0.301 e. The van der Waals surface area contributed by atoms with E-state index in [1.54, 1.807) is 6.20 Å². The third-order valence-corrected chi connectivity index (χ3v) is 0.986. The van der Waals surface area contributed by atoms with Crippen molar-refractivity contribution in [1.29, 1.82) is 0 Å². The molecule has 1 heterocycles. The van der Waals surface area contributed by atoms with Crippen LogP contribution in [0, 0.1) is 19.9 Å². The number of aryl methyl sites for hydroxylation is 2. The van der Waals surface area contributed by atoms with E-state index >= 15 is 0 Å². The second-order valence-corrected chi connectivity index (χ2v) is 1.87. The molecule has 11 heavy (non-hydrogen) atoms. The van der Waals surface area contributed by atoms with E-state index in [1.807, 2.05) is 33.8 Å². The van der Waals surface area contributed by atoms with Gasteiger partial charge < -0.3 is 4.98 Å². The Balaban J connectivity index is 0. The molecule has 0 spiro atoms. The molecular weight excluding hydrogens is 211 g/mol. The van der Waals surface area contributed by atoms with Gasteiger partial charge in [-0.05, 0) is 12.6 Å². The van der Waals surface area contributed by atoms with Crippen molar-refractivity contribution in [3.05, 3.63) is 29.6 Å². The Morgan fingerprint density at radius 2 is 1.82 bits per heavy atom. The largest absolute Gasteiger partial charge is 0.301 e. The molecule has 0 aliphatic heterocycles. The van der Waals surface area contributed by atoms with E-state index in [2.05, 4.69) is 11.1 Å². The van der Waals surface area contributed by atoms with E-state index in [0.29, 0.717) is 0 Å². The quantitative estimate of drug-likeness (QED) is 0.618. The molecule has 0 saturated carbocycles. The Labute approximate surface area is 94.5 Å². The predicted molar refractivity (Wildman–Crippen MR) is 43.9 cm³/mol. The molecule has 0 unspecified atom stereocenters. The van der Waals surface area contributed by atoms with Crippen LogP contribution in [-0.4, -0.2) is 4.98 Å². The molecule has 1 nitrogen and oxygen atoms in total. The van der Waals surface area contributed by atoms with Crippen molar-refractivity contribution in [3.63, 3.8) is 0 Å². The number of rotatable bonds is 0. The Bertz CT molecular complexity index is 169. The fourth-order valence-electron chi connectivity index (χ4n) is 0.628. The minimum absolute atomic E-state index is 0. The zero-order valence-corrected chi connectivity index (χ0v) is 10.5. The van der Waals surface area contributed by atoms with Gasteiger partial charge in [0, 0.05) is 32.7 Å². The average Bonchev–Trinajstić information content (AvgIpc) is 1.91. The summed E-state index contributed by atoms with van der Waals surface area (Å²) in [5.41, 5.74) is 2.21. The molecule has 0 N–H and O–H groups in total. The first-order valence-electron chi connectivity index (χ1n) is 3.60. The van der Waals surface area contributed by atoms with Gasteiger partial charge in [0.25, 0.3) is 0 Å². The van der Waals surface area contributed by atoms with Gasteiger partial charge in [-0.3, -0.25) is 0 Å². The summed E-state index contributed by atoms with van der Waals surface area (Å²) < 4.78 is 0. The molecule has 0 aliphatic rings. The summed E-state index contributed by atoms with van der Waals surface area (Å²) >= 11 is 0. The summed E-state index contributed by atoms with van der Waals surface area (Å²) in [6.07, 6.45) is 1.70. The van der Waals surface area contributed by atoms with Crippen LogP contribution in [0.15, 0.2) is 12.3 Å². The van der Waals surface area contributed by atoms with E-state index < -0.39 is 0 Å². The summed E-state index contributed by atoms with van der Waals surface area (Å²) in [6.45, 7) is 7.98. The van der Waals surface area contributed by atoms with Gasteiger partial charge in [-0.15, -0.1) is 0 Å². The standard InChI is InChI=1S/C7H8N.C2H6.Y/c1-6-3-4-8-7(2)5-6;1-2;/h4-5H,1-2H3;1-2H3;/q-1;;. The molecule has 1 aromatic heterocycles. The number of aromatic nitrogens is 1. The maximum atomic E-state index is 3.98. The fraction of sp³-hybridized carbons (Fsp3) is 0.444. The van der Waals surface area contributed by atoms with E-state index in [-0.39, 0.29) is 32.7 Å². The average molecular weight is 225 g/mol. The van der Waals surface area contributed by atoms with Crippen LogP contribution < -0.4 is 0 Å². The van der Waals surface area contributed by atoms with Crippen molar-refractivity contribution in [1.82, 2.24) is 4.98 Å². The van der Waals surface area contributed by atoms with Crippen LogP contribution in [0.1, 0.15) is 25.1 Å². The molecule has 59 valence electrons. The summed E-state index contributed by atoms with van der Waals surface area (Å²) in [5, 5.41) is 0. The van der Waals surface area contributed by atoms with Crippen LogP contribution in [0.25, 0.3) is 0 Å². The van der Waals surface area contributed by atoms with Crippen molar-refractivity contribution in [2.45, 2.75) is 27.7 Å². The van der Waals surface area contributed by atoms with Crippen LogP contribution in [0.5, 0.6) is 0 Å². The van der Waals surface area contributed by atoms with E-state index in [9.17, 15) is 0 Å². The van der Waals surface area contributed by atoms with Gasteiger partial charge in [-0.1, -0.05) is 27.0 Å². The first kappa shape index (κ1) is 13.8. The van der Waals surface area contributed by atoms with E-state index in [0.717, 1.165) is 11.3 Å². The molecule has 0 aromatic carbocycles. The summed E-state index contributed by atoms with van der Waals surface area (Å²) in [7, 11) is 0. The maximum Gasteiger partial charge on any atom is 0 e. The van der Waals surface area contributed by atoms with Crippen molar-refractivity contribution >= 4 is 0 Å². The Morgan fingerprint density at radius 1 is 1.27 bits per heavy atom. The topological polar surface area (TPSA) is 12.9 Å². The molecule has 0 aliphatic carbocycles. The van der Waals surface area contributed by atoms with Gasteiger partial charge in [0.2, 0.25) is 0 Å². The molecule has 0 atom stereocenters. The normalized spacial score (nSPS) is 7.27. The molecule has 0 bridgehead atoms. The van der Waals surface area contributed by atoms with Crippen LogP contribution >= 0.6 is 0 Å². The molecule has 2 heteroatoms. The zero-order chi connectivity index (χ0) is 7.98. The zero-order valence-electron chi connectivity index (χ0n) is 7.68. The predicted octanol–water partition coefficient (Wildman–Crippen LogP) is 2.52. The summed E-state index contributed by atoms with van der Waals surface area (Å²) in [6, 6.07) is 4.96. The molecule has 0 fully saturated rings. The monoisotopic (exact) mass is 225 g/mol. The summed E-state index contributed by atoms with van der Waals surface area (Å²) in [5.74, 6) is 0. The first-order chi connectivity index (χ1) is 4.79. The van der Waals surface area contributed by atoms with Crippen molar-refractivity contribution < 1.29 is 32.7 Å². The third kappa shape index (κ3) is 6.64. The number of pyridine rings is 1. The van der Waals surface area contributed by atoms with Gasteiger partial charge in [-0.25, -0.2) is 11.6 Å². The Morgan fingerprint density at radius 3 is 2.09 bits per heavy atom. The molecule has 1 rings (SSSR count). The summed E-state index contributed by atoms with van der Waals surface area (Å²) in [4.78, 5) is 3.98. The van der Waals surface area contributed by atoms with Crippen LogP contribution in [0.3, 0.4) is 0 Å². The number of hydrogen-bond donors (Lipinski definition) is 0. The molecular formula is C9H14NY-. The van der Waals surface area contributed by atoms with Crippen LogP contribution in [-0.2, 0) is 32.7 Å². The second kappa shape index (κ2) is 8.35. The number of nitrogens with zero attached hydrogens (tertiary/aromatic N) is 1. The van der Waals surface area contributed by atoms with Gasteiger partial charge in [0.05, 0.1) is 0 Å². The van der Waals surface area contributed by atoms with Crippen molar-refractivity contribution in [2.24, 2.45) is 0 Å². The van der Waals surface area contributed by atoms with Crippen molar-refractivity contribution in [3.8, 4) is 0 Å². The van der Waals surface area contributed by atoms with Crippen LogP contribution in [0.2, 0.25) is 0 Å². The maximum absolute atomic E-state index is 3.98. The van der Waals surface area contributed by atoms with Crippen molar-refractivity contribution in [2.75, 3.05) is 0 Å². The molecule has 0 saturated heterocycles. The fourth-order valence-corrected chi connectivity index (χ4v) is 0.628. The minimum atomic E-state index is 0. The third-order valence-electron chi connectivity index (χ3n) is 0.986. The van der Waals surface area contributed by atoms with Gasteiger partial charge in [0.15, 0.2) is 0 Å².